The maximum absolute atomic E-state index is 11.8. The summed E-state index contributed by atoms with van der Waals surface area (Å²) < 4.78 is 0.974. The van der Waals surface area contributed by atoms with E-state index in [0.29, 0.717) is 5.69 Å². The Morgan fingerprint density at radius 1 is 1.15 bits per heavy atom. The van der Waals surface area contributed by atoms with E-state index in [-0.39, 0.29) is 6.04 Å². The van der Waals surface area contributed by atoms with Crippen molar-refractivity contribution in [2.75, 3.05) is 5.32 Å². The minimum atomic E-state index is -0.600. The lowest BCUT2D eigenvalue weighted by molar-refractivity contribution is -0.136. The first-order valence-electron chi connectivity index (χ1n) is 6.94. The molecule has 1 saturated carbocycles. The summed E-state index contributed by atoms with van der Waals surface area (Å²) in [6, 6.07) is 5.59. The number of hydrogen-bond acceptors (Lipinski definition) is 2. The van der Waals surface area contributed by atoms with Gasteiger partial charge in [0.1, 0.15) is 0 Å². The van der Waals surface area contributed by atoms with Crippen LogP contribution in [-0.4, -0.2) is 17.9 Å². The summed E-state index contributed by atoms with van der Waals surface area (Å²) in [7, 11) is 0. The van der Waals surface area contributed by atoms with Gasteiger partial charge in [-0.3, -0.25) is 9.59 Å². The molecule has 1 aliphatic carbocycles. The Morgan fingerprint density at radius 2 is 1.85 bits per heavy atom. The van der Waals surface area contributed by atoms with Crippen LogP contribution >= 0.6 is 15.9 Å². The smallest absolute Gasteiger partial charge is 0.313 e. The molecule has 0 unspecified atom stereocenters. The summed E-state index contributed by atoms with van der Waals surface area (Å²) in [4.78, 5) is 23.7. The van der Waals surface area contributed by atoms with E-state index in [2.05, 4.69) is 26.6 Å². The Hall–Kier alpha value is -1.36. The molecule has 0 heterocycles. The molecule has 0 aliphatic heterocycles. The number of amides is 2. The third kappa shape index (κ3) is 4.07. The zero-order chi connectivity index (χ0) is 14.5. The van der Waals surface area contributed by atoms with Gasteiger partial charge in [0.15, 0.2) is 0 Å². The molecule has 1 aromatic rings. The molecule has 1 fully saturated rings. The van der Waals surface area contributed by atoms with E-state index in [4.69, 9.17) is 0 Å². The van der Waals surface area contributed by atoms with E-state index in [1.165, 1.54) is 6.42 Å². The van der Waals surface area contributed by atoms with Crippen LogP contribution in [0, 0.1) is 6.92 Å². The predicted octanol–water partition coefficient (Wildman–Crippen LogP) is 3.14. The van der Waals surface area contributed by atoms with Gasteiger partial charge in [-0.2, -0.15) is 0 Å². The van der Waals surface area contributed by atoms with Crippen molar-refractivity contribution in [1.29, 1.82) is 0 Å². The van der Waals surface area contributed by atoms with Crippen LogP contribution in [0.4, 0.5) is 5.69 Å². The molecule has 2 amide bonds. The molecule has 4 nitrogen and oxygen atoms in total. The maximum atomic E-state index is 11.8. The lowest BCUT2D eigenvalue weighted by Gasteiger charge is -2.22. The van der Waals surface area contributed by atoms with E-state index in [1.807, 2.05) is 19.1 Å². The van der Waals surface area contributed by atoms with Crippen LogP contribution in [0.5, 0.6) is 0 Å². The molecule has 0 bridgehead atoms. The number of hydrogen-bond donors (Lipinski definition) is 2. The first kappa shape index (κ1) is 15.0. The van der Waals surface area contributed by atoms with E-state index < -0.39 is 11.8 Å². The molecule has 108 valence electrons. The minimum absolute atomic E-state index is 0.147. The van der Waals surface area contributed by atoms with Crippen molar-refractivity contribution in [2.45, 2.75) is 45.1 Å². The van der Waals surface area contributed by atoms with Crippen molar-refractivity contribution in [3.05, 3.63) is 28.2 Å². The van der Waals surface area contributed by atoms with Gasteiger partial charge >= 0.3 is 11.8 Å². The topological polar surface area (TPSA) is 58.2 Å². The molecule has 0 spiro atoms. The van der Waals surface area contributed by atoms with E-state index in [1.54, 1.807) is 6.07 Å². The standard InChI is InChI=1S/C15H19BrN2O2/c1-10-9-12(7-8-13(10)16)18-15(20)14(19)17-11-5-3-2-4-6-11/h7-9,11H,2-6H2,1H3,(H,17,19)(H,18,20). The summed E-state index contributed by atoms with van der Waals surface area (Å²) in [5, 5.41) is 5.43. The van der Waals surface area contributed by atoms with Gasteiger partial charge < -0.3 is 10.6 Å². The van der Waals surface area contributed by atoms with Gasteiger partial charge in [0, 0.05) is 16.2 Å². The number of carbonyl (C=O) groups excluding carboxylic acids is 2. The molecule has 0 radical (unpaired) electrons. The van der Waals surface area contributed by atoms with Crippen molar-refractivity contribution in [1.82, 2.24) is 5.32 Å². The first-order chi connectivity index (χ1) is 9.56. The zero-order valence-corrected chi connectivity index (χ0v) is 13.1. The molecule has 1 aromatic carbocycles. The minimum Gasteiger partial charge on any atom is -0.345 e. The van der Waals surface area contributed by atoms with Gasteiger partial charge in [-0.25, -0.2) is 0 Å². The van der Waals surface area contributed by atoms with Crippen molar-refractivity contribution >= 4 is 33.4 Å². The third-order valence-electron chi connectivity index (χ3n) is 3.56. The highest BCUT2D eigenvalue weighted by molar-refractivity contribution is 9.10. The Labute approximate surface area is 127 Å². The van der Waals surface area contributed by atoms with Gasteiger partial charge in [-0.15, -0.1) is 0 Å². The highest BCUT2D eigenvalue weighted by Crippen LogP contribution is 2.20. The zero-order valence-electron chi connectivity index (χ0n) is 11.5. The Balaban J connectivity index is 1.89. The third-order valence-corrected chi connectivity index (χ3v) is 4.45. The van der Waals surface area contributed by atoms with Gasteiger partial charge in [0.25, 0.3) is 0 Å². The monoisotopic (exact) mass is 338 g/mol. The molecule has 0 aromatic heterocycles. The molecule has 2 N–H and O–H groups in total. The number of nitrogens with one attached hydrogen (secondary N) is 2. The average Bonchev–Trinajstić information content (AvgIpc) is 2.44. The summed E-state index contributed by atoms with van der Waals surface area (Å²) in [6.45, 7) is 1.93. The normalized spacial score (nSPS) is 15.7. The van der Waals surface area contributed by atoms with Gasteiger partial charge in [0.2, 0.25) is 0 Å². The molecular formula is C15H19BrN2O2. The van der Waals surface area contributed by atoms with Crippen LogP contribution in [0.2, 0.25) is 0 Å². The fourth-order valence-electron chi connectivity index (χ4n) is 2.41. The molecule has 2 rings (SSSR count). The van der Waals surface area contributed by atoms with Crippen LogP contribution in [0.1, 0.15) is 37.7 Å². The average molecular weight is 339 g/mol. The SMILES string of the molecule is Cc1cc(NC(=O)C(=O)NC2CCCCC2)ccc1Br. The van der Waals surface area contributed by atoms with Crippen LogP contribution in [-0.2, 0) is 9.59 Å². The van der Waals surface area contributed by atoms with Gasteiger partial charge in [-0.1, -0.05) is 35.2 Å². The second-order valence-corrected chi connectivity index (χ2v) is 6.08. The van der Waals surface area contributed by atoms with E-state index in [0.717, 1.165) is 35.7 Å². The van der Waals surface area contributed by atoms with Crippen molar-refractivity contribution in [3.8, 4) is 0 Å². The number of aryl methyl sites for hydroxylation is 1. The molecule has 20 heavy (non-hydrogen) atoms. The maximum Gasteiger partial charge on any atom is 0.313 e. The molecule has 5 heteroatoms. The van der Waals surface area contributed by atoms with Crippen LogP contribution in [0.25, 0.3) is 0 Å². The molecular weight excluding hydrogens is 320 g/mol. The second-order valence-electron chi connectivity index (χ2n) is 5.23. The highest BCUT2D eigenvalue weighted by Gasteiger charge is 2.20. The first-order valence-corrected chi connectivity index (χ1v) is 7.73. The van der Waals surface area contributed by atoms with Crippen molar-refractivity contribution in [2.24, 2.45) is 0 Å². The molecule has 0 saturated heterocycles. The van der Waals surface area contributed by atoms with Crippen molar-refractivity contribution in [3.63, 3.8) is 0 Å². The van der Waals surface area contributed by atoms with Crippen LogP contribution < -0.4 is 10.6 Å². The largest absolute Gasteiger partial charge is 0.345 e. The lowest BCUT2D eigenvalue weighted by Crippen LogP contribution is -2.42. The number of halogens is 1. The number of anilines is 1. The summed E-state index contributed by atoms with van der Waals surface area (Å²) in [5.41, 5.74) is 1.64. The summed E-state index contributed by atoms with van der Waals surface area (Å²) in [6.07, 6.45) is 5.40. The summed E-state index contributed by atoms with van der Waals surface area (Å²) >= 11 is 3.40. The second kappa shape index (κ2) is 6.88. The number of carbonyl (C=O) groups is 2. The predicted molar refractivity (Wildman–Crippen MR) is 82.5 cm³/mol. The molecule has 1 aliphatic rings. The van der Waals surface area contributed by atoms with Crippen LogP contribution in [0.15, 0.2) is 22.7 Å². The Bertz CT molecular complexity index is 511. The van der Waals surface area contributed by atoms with Gasteiger partial charge in [-0.05, 0) is 43.5 Å². The lowest BCUT2D eigenvalue weighted by atomic mass is 9.95. The Kier molecular flexibility index (Phi) is 5.17. The fourth-order valence-corrected chi connectivity index (χ4v) is 2.65. The van der Waals surface area contributed by atoms with E-state index >= 15 is 0 Å². The van der Waals surface area contributed by atoms with E-state index in [9.17, 15) is 9.59 Å². The van der Waals surface area contributed by atoms with Crippen molar-refractivity contribution < 1.29 is 9.59 Å². The Morgan fingerprint density at radius 3 is 2.50 bits per heavy atom. The fraction of sp³-hybridized carbons (Fsp3) is 0.467. The quantitative estimate of drug-likeness (QED) is 0.814. The van der Waals surface area contributed by atoms with Crippen LogP contribution in [0.3, 0.4) is 0 Å². The number of rotatable bonds is 2. The van der Waals surface area contributed by atoms with Gasteiger partial charge in [0.05, 0.1) is 0 Å². The number of benzene rings is 1. The highest BCUT2D eigenvalue weighted by atomic mass is 79.9. The summed E-state index contributed by atoms with van der Waals surface area (Å²) in [5.74, 6) is -1.14. The molecule has 0 atom stereocenters.